The van der Waals surface area contributed by atoms with Crippen LogP contribution in [0.4, 0.5) is 0 Å². The second-order valence-electron chi connectivity index (χ2n) is 4.94. The van der Waals surface area contributed by atoms with Gasteiger partial charge in [0, 0.05) is 28.5 Å². The lowest BCUT2D eigenvalue weighted by molar-refractivity contribution is -0.136. The number of amides is 2. The molecule has 0 radical (unpaired) electrons. The Hall–Kier alpha value is -0.910. The Morgan fingerprint density at radius 2 is 2.25 bits per heavy atom. The van der Waals surface area contributed by atoms with Gasteiger partial charge in [0.1, 0.15) is 0 Å². The molecular formula is C14H16BrClN2O2. The van der Waals surface area contributed by atoms with E-state index in [1.54, 1.807) is 0 Å². The first kappa shape index (κ1) is 15.5. The van der Waals surface area contributed by atoms with E-state index >= 15 is 0 Å². The number of carbonyl (C=O) groups excluding carboxylic acids is 2. The Morgan fingerprint density at radius 3 is 2.95 bits per heavy atom. The highest BCUT2D eigenvalue weighted by Crippen LogP contribution is 2.26. The number of halogens is 2. The van der Waals surface area contributed by atoms with Crippen molar-refractivity contribution in [3.8, 4) is 0 Å². The van der Waals surface area contributed by atoms with Crippen molar-refractivity contribution in [3.63, 3.8) is 0 Å². The van der Waals surface area contributed by atoms with Gasteiger partial charge in [-0.1, -0.05) is 27.5 Å². The van der Waals surface area contributed by atoms with E-state index in [-0.39, 0.29) is 23.8 Å². The van der Waals surface area contributed by atoms with Crippen LogP contribution in [0.5, 0.6) is 0 Å². The average molecular weight is 360 g/mol. The van der Waals surface area contributed by atoms with Crippen LogP contribution in [0.25, 0.3) is 0 Å². The van der Waals surface area contributed by atoms with E-state index in [0.717, 1.165) is 10.0 Å². The summed E-state index contributed by atoms with van der Waals surface area (Å²) >= 11 is 9.49. The number of piperidine rings is 1. The molecule has 0 spiro atoms. The number of hydrogen-bond donors (Lipinski definition) is 2. The Kier molecular flexibility index (Phi) is 5.18. The van der Waals surface area contributed by atoms with E-state index in [1.165, 1.54) is 0 Å². The van der Waals surface area contributed by atoms with Gasteiger partial charge >= 0.3 is 0 Å². The minimum Gasteiger partial charge on any atom is -0.309 e. The van der Waals surface area contributed by atoms with Crippen LogP contribution in [-0.4, -0.2) is 18.4 Å². The topological polar surface area (TPSA) is 58.2 Å². The van der Waals surface area contributed by atoms with Gasteiger partial charge in [0.15, 0.2) is 0 Å². The molecule has 1 saturated heterocycles. The highest BCUT2D eigenvalue weighted by Gasteiger charge is 2.26. The number of hydrogen-bond acceptors (Lipinski definition) is 3. The Balaban J connectivity index is 1.95. The lowest BCUT2D eigenvalue weighted by atomic mass is 9.97. The number of nitrogens with one attached hydrogen (secondary N) is 2. The van der Waals surface area contributed by atoms with Crippen LogP contribution in [0.2, 0.25) is 5.02 Å². The maximum Gasteiger partial charge on any atom is 0.230 e. The smallest absolute Gasteiger partial charge is 0.230 e. The first-order chi connectivity index (χ1) is 9.47. The number of imide groups is 1. The second-order valence-corrected chi connectivity index (χ2v) is 6.23. The predicted octanol–water partition coefficient (Wildman–Crippen LogP) is 2.81. The van der Waals surface area contributed by atoms with E-state index < -0.39 is 0 Å². The van der Waals surface area contributed by atoms with E-state index in [4.69, 9.17) is 11.6 Å². The van der Waals surface area contributed by atoms with Crippen molar-refractivity contribution >= 4 is 39.3 Å². The predicted molar refractivity (Wildman–Crippen MR) is 81.4 cm³/mol. The minimum atomic E-state index is -0.189. The molecule has 1 unspecified atom stereocenters. The number of rotatable bonds is 4. The first-order valence-electron chi connectivity index (χ1n) is 6.49. The molecule has 0 saturated carbocycles. The van der Waals surface area contributed by atoms with Crippen molar-refractivity contribution < 1.29 is 9.59 Å². The van der Waals surface area contributed by atoms with E-state index in [0.29, 0.717) is 24.4 Å². The van der Waals surface area contributed by atoms with Crippen LogP contribution in [0.15, 0.2) is 22.7 Å². The third kappa shape index (κ3) is 3.81. The summed E-state index contributed by atoms with van der Waals surface area (Å²) in [4.78, 5) is 22.8. The van der Waals surface area contributed by atoms with Gasteiger partial charge < -0.3 is 5.32 Å². The van der Waals surface area contributed by atoms with Crippen molar-refractivity contribution in [1.82, 2.24) is 10.6 Å². The fourth-order valence-electron chi connectivity index (χ4n) is 2.21. The molecule has 2 N–H and O–H groups in total. The molecule has 4 nitrogen and oxygen atoms in total. The van der Waals surface area contributed by atoms with Gasteiger partial charge in [0.05, 0.1) is 5.92 Å². The monoisotopic (exact) mass is 358 g/mol. The summed E-state index contributed by atoms with van der Waals surface area (Å²) in [6.07, 6.45) is 1.01. The molecule has 1 aromatic carbocycles. The fraction of sp³-hybridized carbons (Fsp3) is 0.429. The third-order valence-corrected chi connectivity index (χ3v) is 4.41. The minimum absolute atomic E-state index is 0.0634. The Bertz CT molecular complexity index is 536. The SMILES string of the molecule is C[C@H](NCC1CCC(=O)NC1=O)c1cc(Cl)ccc1Br. The highest BCUT2D eigenvalue weighted by molar-refractivity contribution is 9.10. The zero-order chi connectivity index (χ0) is 14.7. The summed E-state index contributed by atoms with van der Waals surface area (Å²) in [6, 6.07) is 5.69. The lowest BCUT2D eigenvalue weighted by Gasteiger charge is -2.23. The van der Waals surface area contributed by atoms with E-state index in [9.17, 15) is 9.59 Å². The lowest BCUT2D eigenvalue weighted by Crippen LogP contribution is -2.44. The molecule has 1 aliphatic heterocycles. The van der Waals surface area contributed by atoms with Crippen molar-refractivity contribution in [3.05, 3.63) is 33.3 Å². The van der Waals surface area contributed by atoms with Gasteiger partial charge in [0.25, 0.3) is 0 Å². The van der Waals surface area contributed by atoms with Gasteiger partial charge in [0.2, 0.25) is 11.8 Å². The maximum absolute atomic E-state index is 11.7. The molecule has 1 aromatic rings. The second kappa shape index (κ2) is 6.70. The van der Waals surface area contributed by atoms with Gasteiger partial charge in [-0.05, 0) is 37.1 Å². The van der Waals surface area contributed by atoms with Gasteiger partial charge in [-0.2, -0.15) is 0 Å². The average Bonchev–Trinajstić information content (AvgIpc) is 2.40. The first-order valence-corrected chi connectivity index (χ1v) is 7.66. The van der Waals surface area contributed by atoms with Crippen LogP contribution in [-0.2, 0) is 9.59 Å². The summed E-state index contributed by atoms with van der Waals surface area (Å²) in [7, 11) is 0. The van der Waals surface area contributed by atoms with Crippen LogP contribution in [0.3, 0.4) is 0 Å². The summed E-state index contributed by atoms with van der Waals surface area (Å²) in [5.41, 5.74) is 1.05. The molecule has 108 valence electrons. The third-order valence-electron chi connectivity index (χ3n) is 3.45. The quantitative estimate of drug-likeness (QED) is 0.813. The zero-order valence-corrected chi connectivity index (χ0v) is 13.4. The normalized spacial score (nSPS) is 20.6. The van der Waals surface area contributed by atoms with Crippen molar-refractivity contribution in [2.75, 3.05) is 6.54 Å². The zero-order valence-electron chi connectivity index (χ0n) is 11.1. The van der Waals surface area contributed by atoms with Gasteiger partial charge in [-0.3, -0.25) is 14.9 Å². The molecule has 2 rings (SSSR count). The van der Waals surface area contributed by atoms with Crippen LogP contribution < -0.4 is 10.6 Å². The maximum atomic E-state index is 11.7. The van der Waals surface area contributed by atoms with Crippen molar-refractivity contribution in [2.45, 2.75) is 25.8 Å². The van der Waals surface area contributed by atoms with Gasteiger partial charge in [-0.15, -0.1) is 0 Å². The molecule has 1 fully saturated rings. The standard InChI is InChI=1S/C14H16BrClN2O2/c1-8(11-6-10(16)3-4-12(11)15)17-7-9-2-5-13(19)18-14(9)20/h3-4,6,8-9,17H,2,5,7H2,1H3,(H,18,19,20)/t8-,9?/m0/s1. The van der Waals surface area contributed by atoms with E-state index in [2.05, 4.69) is 26.6 Å². The van der Waals surface area contributed by atoms with Gasteiger partial charge in [-0.25, -0.2) is 0 Å². The highest BCUT2D eigenvalue weighted by atomic mass is 79.9. The molecule has 2 amide bonds. The fourth-order valence-corrected chi connectivity index (χ4v) is 2.98. The molecule has 1 aliphatic rings. The molecule has 20 heavy (non-hydrogen) atoms. The summed E-state index contributed by atoms with van der Waals surface area (Å²) < 4.78 is 0.977. The van der Waals surface area contributed by atoms with Crippen molar-refractivity contribution in [2.24, 2.45) is 5.92 Å². The van der Waals surface area contributed by atoms with Crippen LogP contribution in [0.1, 0.15) is 31.4 Å². The molecule has 0 aromatic heterocycles. The number of benzene rings is 1. The Morgan fingerprint density at radius 1 is 1.50 bits per heavy atom. The molecule has 1 heterocycles. The molecule has 0 aliphatic carbocycles. The molecule has 6 heteroatoms. The summed E-state index contributed by atoms with van der Waals surface area (Å²) in [5.74, 6) is -0.531. The molecule has 2 atom stereocenters. The largest absolute Gasteiger partial charge is 0.309 e. The van der Waals surface area contributed by atoms with Crippen molar-refractivity contribution in [1.29, 1.82) is 0 Å². The van der Waals surface area contributed by atoms with Crippen LogP contribution in [0, 0.1) is 5.92 Å². The van der Waals surface area contributed by atoms with Crippen LogP contribution >= 0.6 is 27.5 Å². The molecule has 0 bridgehead atoms. The summed E-state index contributed by atoms with van der Waals surface area (Å²) in [6.45, 7) is 2.56. The Labute approximate surface area is 131 Å². The number of carbonyl (C=O) groups is 2. The van der Waals surface area contributed by atoms with E-state index in [1.807, 2.05) is 25.1 Å². The molecular weight excluding hydrogens is 344 g/mol. The summed E-state index contributed by atoms with van der Waals surface area (Å²) in [5, 5.41) is 6.36.